The molecular formula is C19H20OSi. The molecule has 106 valence electrons. The Labute approximate surface area is 128 Å². The van der Waals surface area contributed by atoms with Crippen LogP contribution in [0.1, 0.15) is 17.2 Å². The molecule has 1 atom stereocenters. The molecule has 0 aromatic heterocycles. The predicted molar refractivity (Wildman–Crippen MR) is 91.3 cm³/mol. The highest BCUT2D eigenvalue weighted by Crippen LogP contribution is 2.22. The Morgan fingerprint density at radius 3 is 2.14 bits per heavy atom. The fourth-order valence-corrected chi connectivity index (χ4v) is 3.36. The smallest absolute Gasteiger partial charge is 0.267 e. The third-order valence-corrected chi connectivity index (χ3v) is 4.62. The van der Waals surface area contributed by atoms with Crippen LogP contribution in [0.2, 0.25) is 13.1 Å². The van der Waals surface area contributed by atoms with E-state index >= 15 is 0 Å². The van der Waals surface area contributed by atoms with Gasteiger partial charge >= 0.3 is 0 Å². The first-order chi connectivity index (χ1) is 10.1. The van der Waals surface area contributed by atoms with Crippen molar-refractivity contribution in [2.45, 2.75) is 19.2 Å². The number of benzene rings is 2. The first-order valence-corrected chi connectivity index (χ1v) is 9.95. The van der Waals surface area contributed by atoms with Gasteiger partial charge in [0, 0.05) is 5.56 Å². The third kappa shape index (κ3) is 4.75. The van der Waals surface area contributed by atoms with Crippen LogP contribution in [0.4, 0.5) is 0 Å². The standard InChI is InChI=1S/C19H20OSi/c1-4-19(18-13-9-6-10-14-18)20-21(2,3)16-15-17-11-7-5-8-12-17/h4-14,19H,1H2,2-3H3. The Morgan fingerprint density at radius 2 is 1.57 bits per heavy atom. The minimum Gasteiger partial charge on any atom is -0.395 e. The third-order valence-electron chi connectivity index (χ3n) is 3.05. The van der Waals surface area contributed by atoms with Gasteiger partial charge in [0.05, 0.1) is 6.10 Å². The molecule has 21 heavy (non-hydrogen) atoms. The van der Waals surface area contributed by atoms with E-state index in [0.29, 0.717) is 0 Å². The summed E-state index contributed by atoms with van der Waals surface area (Å²) in [6, 6.07) is 20.2. The molecular weight excluding hydrogens is 272 g/mol. The average molecular weight is 292 g/mol. The highest BCUT2D eigenvalue weighted by Gasteiger charge is 2.24. The fourth-order valence-electron chi connectivity index (χ4n) is 1.99. The Kier molecular flexibility index (Phi) is 5.16. The van der Waals surface area contributed by atoms with Crippen LogP contribution in [0.15, 0.2) is 73.3 Å². The minimum atomic E-state index is -2.09. The second kappa shape index (κ2) is 7.08. The van der Waals surface area contributed by atoms with Crippen molar-refractivity contribution in [2.75, 3.05) is 0 Å². The maximum absolute atomic E-state index is 6.24. The zero-order chi connectivity index (χ0) is 15.1. The summed E-state index contributed by atoms with van der Waals surface area (Å²) in [4.78, 5) is 0. The van der Waals surface area contributed by atoms with Crippen molar-refractivity contribution < 1.29 is 4.43 Å². The average Bonchev–Trinajstić information content (AvgIpc) is 2.53. The number of hydrogen-bond donors (Lipinski definition) is 0. The molecule has 0 radical (unpaired) electrons. The van der Waals surface area contributed by atoms with Crippen LogP contribution in [0.25, 0.3) is 0 Å². The second-order valence-corrected chi connectivity index (χ2v) is 8.82. The van der Waals surface area contributed by atoms with Gasteiger partial charge in [0.2, 0.25) is 0 Å². The van der Waals surface area contributed by atoms with Gasteiger partial charge in [0.15, 0.2) is 0 Å². The molecule has 0 N–H and O–H groups in total. The summed E-state index contributed by atoms with van der Waals surface area (Å²) >= 11 is 0. The van der Waals surface area contributed by atoms with E-state index in [9.17, 15) is 0 Å². The highest BCUT2D eigenvalue weighted by atomic mass is 28.4. The second-order valence-electron chi connectivity index (χ2n) is 5.31. The van der Waals surface area contributed by atoms with Crippen molar-refractivity contribution in [3.8, 4) is 11.5 Å². The summed E-state index contributed by atoms with van der Waals surface area (Å²) in [6.45, 7) is 8.12. The van der Waals surface area contributed by atoms with E-state index in [2.05, 4.69) is 43.3 Å². The van der Waals surface area contributed by atoms with Crippen LogP contribution in [0.5, 0.6) is 0 Å². The van der Waals surface area contributed by atoms with Gasteiger partial charge in [-0.25, -0.2) is 0 Å². The van der Waals surface area contributed by atoms with Gasteiger partial charge in [0.1, 0.15) is 0 Å². The molecule has 0 aliphatic rings. The summed E-state index contributed by atoms with van der Waals surface area (Å²) in [5.74, 6) is 3.22. The maximum Gasteiger partial charge on any atom is 0.267 e. The Balaban J connectivity index is 2.13. The van der Waals surface area contributed by atoms with Crippen LogP contribution in [-0.4, -0.2) is 8.32 Å². The Hall–Kier alpha value is -2.08. The first-order valence-electron chi connectivity index (χ1n) is 7.04. The summed E-state index contributed by atoms with van der Waals surface area (Å²) in [5.41, 5.74) is 5.47. The quantitative estimate of drug-likeness (QED) is 0.450. The van der Waals surface area contributed by atoms with Crippen LogP contribution in [-0.2, 0) is 4.43 Å². The van der Waals surface area contributed by atoms with Crippen molar-refractivity contribution in [3.05, 3.63) is 84.4 Å². The predicted octanol–water partition coefficient (Wildman–Crippen LogP) is 4.73. The molecule has 2 heteroatoms. The monoisotopic (exact) mass is 292 g/mol. The molecule has 0 amide bonds. The van der Waals surface area contributed by atoms with E-state index in [1.807, 2.05) is 54.6 Å². The van der Waals surface area contributed by atoms with E-state index in [0.717, 1.165) is 11.1 Å². The van der Waals surface area contributed by atoms with Gasteiger partial charge in [-0.15, -0.1) is 6.58 Å². The zero-order valence-electron chi connectivity index (χ0n) is 12.5. The van der Waals surface area contributed by atoms with E-state index in [1.165, 1.54) is 0 Å². The first kappa shape index (κ1) is 15.3. The van der Waals surface area contributed by atoms with Crippen molar-refractivity contribution in [2.24, 2.45) is 0 Å². The van der Waals surface area contributed by atoms with E-state index < -0.39 is 8.32 Å². The van der Waals surface area contributed by atoms with Crippen LogP contribution >= 0.6 is 0 Å². The SMILES string of the molecule is C=CC(O[Si](C)(C)C#Cc1ccccc1)c1ccccc1. The van der Waals surface area contributed by atoms with Gasteiger partial charge in [-0.1, -0.05) is 66.1 Å². The summed E-state index contributed by atoms with van der Waals surface area (Å²) < 4.78 is 6.24. The molecule has 1 unspecified atom stereocenters. The molecule has 2 aromatic rings. The fraction of sp³-hybridized carbons (Fsp3) is 0.158. The van der Waals surface area contributed by atoms with Crippen molar-refractivity contribution in [3.63, 3.8) is 0 Å². The lowest BCUT2D eigenvalue weighted by molar-refractivity contribution is 0.253. The molecule has 0 saturated carbocycles. The van der Waals surface area contributed by atoms with Gasteiger partial charge in [-0.3, -0.25) is 0 Å². The normalized spacial score (nSPS) is 12.1. The van der Waals surface area contributed by atoms with Gasteiger partial charge < -0.3 is 4.43 Å². The van der Waals surface area contributed by atoms with Gasteiger partial charge in [-0.05, 0) is 30.8 Å². The molecule has 0 aliphatic heterocycles. The lowest BCUT2D eigenvalue weighted by Crippen LogP contribution is -2.30. The van der Waals surface area contributed by atoms with Crippen LogP contribution < -0.4 is 0 Å². The van der Waals surface area contributed by atoms with Crippen molar-refractivity contribution in [1.29, 1.82) is 0 Å². The van der Waals surface area contributed by atoms with Crippen molar-refractivity contribution in [1.82, 2.24) is 0 Å². The molecule has 0 spiro atoms. The molecule has 0 heterocycles. The largest absolute Gasteiger partial charge is 0.395 e. The highest BCUT2D eigenvalue weighted by molar-refractivity contribution is 6.79. The summed E-state index contributed by atoms with van der Waals surface area (Å²) in [6.07, 6.45) is 1.74. The molecule has 2 aromatic carbocycles. The van der Waals surface area contributed by atoms with E-state index in [4.69, 9.17) is 4.43 Å². The van der Waals surface area contributed by atoms with E-state index in [1.54, 1.807) is 0 Å². The van der Waals surface area contributed by atoms with E-state index in [-0.39, 0.29) is 6.10 Å². The lowest BCUT2D eigenvalue weighted by Gasteiger charge is -2.23. The Bertz CT molecular complexity index is 636. The van der Waals surface area contributed by atoms with Crippen LogP contribution in [0.3, 0.4) is 0 Å². The lowest BCUT2D eigenvalue weighted by atomic mass is 10.1. The summed E-state index contributed by atoms with van der Waals surface area (Å²) in [5, 5.41) is 0. The Morgan fingerprint density at radius 1 is 1.00 bits per heavy atom. The van der Waals surface area contributed by atoms with Crippen molar-refractivity contribution >= 4 is 8.32 Å². The minimum absolute atomic E-state index is 0.0991. The van der Waals surface area contributed by atoms with Crippen LogP contribution in [0, 0.1) is 11.5 Å². The maximum atomic E-state index is 6.24. The molecule has 1 nitrogen and oxygen atoms in total. The molecule has 0 bridgehead atoms. The zero-order valence-corrected chi connectivity index (χ0v) is 13.5. The molecule has 0 fully saturated rings. The molecule has 2 rings (SSSR count). The van der Waals surface area contributed by atoms with Gasteiger partial charge in [-0.2, -0.15) is 0 Å². The topological polar surface area (TPSA) is 9.23 Å². The molecule has 0 saturated heterocycles. The number of hydrogen-bond acceptors (Lipinski definition) is 1. The van der Waals surface area contributed by atoms with Gasteiger partial charge in [0.25, 0.3) is 8.32 Å². The summed E-state index contributed by atoms with van der Waals surface area (Å²) in [7, 11) is -2.09. The molecule has 0 aliphatic carbocycles. The number of rotatable bonds is 4.